The van der Waals surface area contributed by atoms with Gasteiger partial charge in [0.1, 0.15) is 5.75 Å². The smallest absolute Gasteiger partial charge is 0.254 e. The molecule has 5 heteroatoms. The van der Waals surface area contributed by atoms with Crippen molar-refractivity contribution in [2.45, 2.75) is 18.4 Å². The van der Waals surface area contributed by atoms with Crippen LogP contribution in [0, 0.1) is 0 Å². The zero-order chi connectivity index (χ0) is 14.4. The lowest BCUT2D eigenvalue weighted by molar-refractivity contribution is -0.143. The molecule has 1 saturated heterocycles. The fourth-order valence-corrected chi connectivity index (χ4v) is 2.36. The van der Waals surface area contributed by atoms with Gasteiger partial charge in [0.2, 0.25) is 0 Å². The van der Waals surface area contributed by atoms with Crippen molar-refractivity contribution in [1.29, 1.82) is 0 Å². The Hall–Kier alpha value is -1.59. The molecule has 1 fully saturated rings. The van der Waals surface area contributed by atoms with Gasteiger partial charge >= 0.3 is 0 Å². The lowest BCUT2D eigenvalue weighted by atomic mass is 10.0. The Labute approximate surface area is 119 Å². The number of rotatable bonds is 6. The first-order chi connectivity index (χ1) is 9.72. The van der Waals surface area contributed by atoms with Crippen molar-refractivity contribution < 1.29 is 19.0 Å². The highest BCUT2D eigenvalue weighted by Gasteiger charge is 2.42. The normalized spacial score (nSPS) is 21.7. The van der Waals surface area contributed by atoms with Crippen LogP contribution >= 0.6 is 0 Å². The minimum absolute atomic E-state index is 0.104. The Morgan fingerprint density at radius 3 is 2.85 bits per heavy atom. The zero-order valence-electron chi connectivity index (χ0n) is 12.0. The van der Waals surface area contributed by atoms with Gasteiger partial charge in [-0.15, -0.1) is 0 Å². The van der Waals surface area contributed by atoms with Gasteiger partial charge in [-0.2, -0.15) is 0 Å². The van der Waals surface area contributed by atoms with E-state index in [4.69, 9.17) is 14.2 Å². The van der Waals surface area contributed by atoms with Gasteiger partial charge in [-0.05, 0) is 18.1 Å². The fourth-order valence-electron chi connectivity index (χ4n) is 2.36. The van der Waals surface area contributed by atoms with E-state index in [1.54, 1.807) is 14.2 Å². The molecule has 1 atom stereocenters. The summed E-state index contributed by atoms with van der Waals surface area (Å²) in [5.41, 5.74) is 0.255. The van der Waals surface area contributed by atoms with E-state index in [9.17, 15) is 4.79 Å². The first-order valence-corrected chi connectivity index (χ1v) is 6.75. The lowest BCUT2D eigenvalue weighted by Crippen LogP contribution is -2.49. The molecular weight excluding hydrogens is 258 g/mol. The minimum atomic E-state index is -0.819. The molecule has 20 heavy (non-hydrogen) atoms. The first kappa shape index (κ1) is 14.8. The Kier molecular flexibility index (Phi) is 4.98. The number of carbonyl (C=O) groups excluding carboxylic acids is 1. The predicted molar refractivity (Wildman–Crippen MR) is 74.9 cm³/mol. The number of hydrogen-bond donors (Lipinski definition) is 1. The van der Waals surface area contributed by atoms with Gasteiger partial charge in [0.05, 0.1) is 20.3 Å². The first-order valence-electron chi connectivity index (χ1n) is 6.75. The van der Waals surface area contributed by atoms with Gasteiger partial charge < -0.3 is 19.5 Å². The summed E-state index contributed by atoms with van der Waals surface area (Å²) in [5, 5.41) is 2.92. The van der Waals surface area contributed by atoms with Crippen LogP contribution in [0.15, 0.2) is 24.3 Å². The van der Waals surface area contributed by atoms with E-state index in [2.05, 4.69) is 5.32 Å². The summed E-state index contributed by atoms with van der Waals surface area (Å²) < 4.78 is 15.9. The lowest BCUT2D eigenvalue weighted by Gasteiger charge is -2.24. The average molecular weight is 279 g/mol. The quantitative estimate of drug-likeness (QED) is 0.849. The average Bonchev–Trinajstić information content (AvgIpc) is 2.98. The molecule has 110 valence electrons. The van der Waals surface area contributed by atoms with Crippen LogP contribution in [0.25, 0.3) is 0 Å². The van der Waals surface area contributed by atoms with Crippen molar-refractivity contribution in [2.75, 3.05) is 34.0 Å². The third kappa shape index (κ3) is 3.11. The van der Waals surface area contributed by atoms with Crippen molar-refractivity contribution in [3.63, 3.8) is 0 Å². The molecule has 0 aliphatic carbocycles. The largest absolute Gasteiger partial charge is 0.496 e. The monoisotopic (exact) mass is 279 g/mol. The number of amides is 1. The number of nitrogens with one attached hydrogen (secondary N) is 1. The van der Waals surface area contributed by atoms with Crippen molar-refractivity contribution in [3.05, 3.63) is 29.8 Å². The molecule has 1 aromatic rings. The molecule has 2 rings (SSSR count). The van der Waals surface area contributed by atoms with Crippen LogP contribution in [-0.2, 0) is 20.7 Å². The molecular formula is C15H21NO4. The standard InChI is InChI=1S/C15H21NO4/c1-18-13-6-4-3-5-12(13)7-9-16-14(17)15(19-2)8-10-20-11-15/h3-6H,7-11H2,1-2H3,(H,16,17). The van der Waals surface area contributed by atoms with Gasteiger partial charge in [0.15, 0.2) is 5.60 Å². The Morgan fingerprint density at radius 1 is 1.40 bits per heavy atom. The molecule has 0 radical (unpaired) electrons. The highest BCUT2D eigenvalue weighted by atomic mass is 16.6. The number of ether oxygens (including phenoxy) is 3. The van der Waals surface area contributed by atoms with E-state index >= 15 is 0 Å². The van der Waals surface area contributed by atoms with E-state index in [-0.39, 0.29) is 5.91 Å². The molecule has 1 aromatic carbocycles. The summed E-state index contributed by atoms with van der Waals surface area (Å²) in [6.07, 6.45) is 1.32. The molecule has 5 nitrogen and oxygen atoms in total. The van der Waals surface area contributed by atoms with E-state index in [0.29, 0.717) is 26.2 Å². The van der Waals surface area contributed by atoms with Gasteiger partial charge in [0, 0.05) is 20.1 Å². The number of hydrogen-bond acceptors (Lipinski definition) is 4. The minimum Gasteiger partial charge on any atom is -0.496 e. The molecule has 0 bridgehead atoms. The molecule has 0 spiro atoms. The van der Waals surface area contributed by atoms with Crippen LogP contribution in [0.1, 0.15) is 12.0 Å². The van der Waals surface area contributed by atoms with Gasteiger partial charge in [-0.3, -0.25) is 4.79 Å². The number of benzene rings is 1. The molecule has 1 N–H and O–H groups in total. The Balaban J connectivity index is 1.88. The topological polar surface area (TPSA) is 56.8 Å². The second-order valence-corrected chi connectivity index (χ2v) is 4.82. The van der Waals surface area contributed by atoms with E-state index in [0.717, 1.165) is 17.7 Å². The van der Waals surface area contributed by atoms with Crippen molar-refractivity contribution in [3.8, 4) is 5.75 Å². The zero-order valence-corrected chi connectivity index (χ0v) is 12.0. The van der Waals surface area contributed by atoms with E-state index < -0.39 is 5.60 Å². The molecule has 0 saturated carbocycles. The van der Waals surface area contributed by atoms with Crippen molar-refractivity contribution in [1.82, 2.24) is 5.32 Å². The molecule has 1 aliphatic rings. The number of para-hydroxylation sites is 1. The third-order valence-corrected chi connectivity index (χ3v) is 3.66. The predicted octanol–water partition coefficient (Wildman–Crippen LogP) is 1.16. The fraction of sp³-hybridized carbons (Fsp3) is 0.533. The Bertz CT molecular complexity index is 455. The second kappa shape index (κ2) is 6.72. The maximum atomic E-state index is 12.2. The Morgan fingerprint density at radius 2 is 2.20 bits per heavy atom. The van der Waals surface area contributed by atoms with Gasteiger partial charge in [-0.1, -0.05) is 18.2 Å². The maximum absolute atomic E-state index is 12.2. The van der Waals surface area contributed by atoms with Crippen LogP contribution in [0.5, 0.6) is 5.75 Å². The van der Waals surface area contributed by atoms with E-state index in [1.165, 1.54) is 0 Å². The maximum Gasteiger partial charge on any atom is 0.254 e. The summed E-state index contributed by atoms with van der Waals surface area (Å²) in [5.74, 6) is 0.736. The van der Waals surface area contributed by atoms with E-state index in [1.807, 2.05) is 24.3 Å². The van der Waals surface area contributed by atoms with Crippen LogP contribution in [-0.4, -0.2) is 45.5 Å². The van der Waals surface area contributed by atoms with Crippen molar-refractivity contribution in [2.24, 2.45) is 0 Å². The third-order valence-electron chi connectivity index (χ3n) is 3.66. The summed E-state index contributed by atoms with van der Waals surface area (Å²) >= 11 is 0. The summed E-state index contributed by atoms with van der Waals surface area (Å²) in [6.45, 7) is 1.43. The highest BCUT2D eigenvalue weighted by Crippen LogP contribution is 2.23. The molecule has 1 heterocycles. The summed E-state index contributed by atoms with van der Waals surface area (Å²) in [7, 11) is 3.20. The summed E-state index contributed by atoms with van der Waals surface area (Å²) in [6, 6.07) is 7.80. The van der Waals surface area contributed by atoms with Crippen molar-refractivity contribution >= 4 is 5.91 Å². The number of methoxy groups -OCH3 is 2. The van der Waals surface area contributed by atoms with Crippen LogP contribution < -0.4 is 10.1 Å². The molecule has 1 amide bonds. The number of carbonyl (C=O) groups is 1. The summed E-state index contributed by atoms with van der Waals surface area (Å²) in [4.78, 5) is 12.2. The van der Waals surface area contributed by atoms with Crippen LogP contribution in [0.2, 0.25) is 0 Å². The van der Waals surface area contributed by atoms with Crippen LogP contribution in [0.3, 0.4) is 0 Å². The molecule has 0 aromatic heterocycles. The molecule has 1 unspecified atom stereocenters. The van der Waals surface area contributed by atoms with Gasteiger partial charge in [0.25, 0.3) is 5.91 Å². The SMILES string of the molecule is COc1ccccc1CCNC(=O)C1(OC)CCOC1. The second-order valence-electron chi connectivity index (χ2n) is 4.82. The van der Waals surface area contributed by atoms with Crippen LogP contribution in [0.4, 0.5) is 0 Å². The van der Waals surface area contributed by atoms with Gasteiger partial charge in [-0.25, -0.2) is 0 Å². The highest BCUT2D eigenvalue weighted by molar-refractivity contribution is 5.85. The molecule has 1 aliphatic heterocycles.